The fourth-order valence-corrected chi connectivity index (χ4v) is 5.19. The van der Waals surface area contributed by atoms with Crippen LogP contribution in [0.5, 0.6) is 11.5 Å². The molecule has 9 nitrogen and oxygen atoms in total. The van der Waals surface area contributed by atoms with Crippen molar-refractivity contribution in [3.05, 3.63) is 78.5 Å². The summed E-state index contributed by atoms with van der Waals surface area (Å²) in [5, 5.41) is 10.4. The Bertz CT molecular complexity index is 1690. The van der Waals surface area contributed by atoms with Crippen LogP contribution >= 0.6 is 0 Å². The highest BCUT2D eigenvalue weighted by Gasteiger charge is 2.33. The number of fused-ring (bicyclic) bond motifs is 1. The maximum atomic E-state index is 15.5. The molecule has 2 aromatic heterocycles. The first-order valence-corrected chi connectivity index (χ1v) is 13.8. The van der Waals surface area contributed by atoms with E-state index < -0.39 is 11.4 Å². The molecule has 1 aliphatic rings. The Morgan fingerprint density at radius 2 is 1.95 bits per heavy atom. The summed E-state index contributed by atoms with van der Waals surface area (Å²) in [6.45, 7) is 4.86. The van der Waals surface area contributed by atoms with Gasteiger partial charge in [0.1, 0.15) is 46.8 Å². The monoisotopic (exact) mass is 567 g/mol. The van der Waals surface area contributed by atoms with Gasteiger partial charge in [-0.2, -0.15) is 5.26 Å². The van der Waals surface area contributed by atoms with Crippen LogP contribution in [0.1, 0.15) is 26.7 Å². The molecule has 2 N–H and O–H groups in total. The largest absolute Gasteiger partial charge is 0.457 e. The Hall–Kier alpha value is -4.75. The highest BCUT2D eigenvalue weighted by Crippen LogP contribution is 2.37. The molecule has 0 radical (unpaired) electrons. The predicted molar refractivity (Wildman–Crippen MR) is 160 cm³/mol. The number of amides is 1. The van der Waals surface area contributed by atoms with Crippen LogP contribution in [0.3, 0.4) is 0 Å². The second-order valence-electron chi connectivity index (χ2n) is 11.2. The van der Waals surface area contributed by atoms with Crippen molar-refractivity contribution in [2.45, 2.75) is 44.8 Å². The number of anilines is 1. The van der Waals surface area contributed by atoms with Crippen molar-refractivity contribution >= 4 is 22.8 Å². The van der Waals surface area contributed by atoms with Crippen molar-refractivity contribution in [3.8, 4) is 28.7 Å². The molecule has 4 aromatic rings. The predicted octanol–water partition coefficient (Wildman–Crippen LogP) is 5.39. The lowest BCUT2D eigenvalue weighted by Crippen LogP contribution is -2.41. The number of nitrogen functional groups attached to an aromatic ring is 1. The molecule has 1 saturated heterocycles. The average Bonchev–Trinajstić information content (AvgIpc) is 3.58. The molecule has 1 aliphatic heterocycles. The number of carbonyl (C=O) groups excluding carboxylic acids is 1. The summed E-state index contributed by atoms with van der Waals surface area (Å²) in [7, 11) is 3.81. The van der Waals surface area contributed by atoms with E-state index in [2.05, 4.69) is 16.0 Å². The number of halogens is 1. The van der Waals surface area contributed by atoms with Gasteiger partial charge in [-0.25, -0.2) is 14.4 Å². The molecule has 2 aromatic carbocycles. The van der Waals surface area contributed by atoms with E-state index in [9.17, 15) is 10.1 Å². The number of hydrogen-bond acceptors (Lipinski definition) is 7. The summed E-state index contributed by atoms with van der Waals surface area (Å²) >= 11 is 0. The number of para-hydroxylation sites is 1. The molecule has 5 rings (SSSR count). The summed E-state index contributed by atoms with van der Waals surface area (Å²) in [5.41, 5.74) is 7.37. The molecule has 1 atom stereocenters. The van der Waals surface area contributed by atoms with E-state index in [1.165, 1.54) is 12.4 Å². The van der Waals surface area contributed by atoms with Crippen LogP contribution in [-0.2, 0) is 11.3 Å². The van der Waals surface area contributed by atoms with E-state index in [-0.39, 0.29) is 23.3 Å². The number of likely N-dealkylation sites (N-methyl/N-ethyl adjacent to an activating group) is 1. The van der Waals surface area contributed by atoms with Gasteiger partial charge in [0, 0.05) is 42.0 Å². The third kappa shape index (κ3) is 5.69. The summed E-state index contributed by atoms with van der Waals surface area (Å²) in [4.78, 5) is 25.9. The van der Waals surface area contributed by atoms with Crippen LogP contribution in [0, 0.1) is 17.1 Å². The van der Waals surface area contributed by atoms with Gasteiger partial charge >= 0.3 is 0 Å². The van der Waals surface area contributed by atoms with Gasteiger partial charge in [0.25, 0.3) is 5.91 Å². The van der Waals surface area contributed by atoms with E-state index in [1.807, 2.05) is 61.8 Å². The van der Waals surface area contributed by atoms with E-state index >= 15 is 4.39 Å². The third-order valence-electron chi connectivity index (χ3n) is 7.94. The van der Waals surface area contributed by atoms with Gasteiger partial charge in [-0.1, -0.05) is 18.2 Å². The zero-order chi connectivity index (χ0) is 30.0. The normalized spacial score (nSPS) is 15.8. The highest BCUT2D eigenvalue weighted by atomic mass is 19.1. The van der Waals surface area contributed by atoms with Crippen LogP contribution in [-0.4, -0.2) is 62.5 Å². The number of nitriles is 1. The van der Waals surface area contributed by atoms with Crippen LogP contribution < -0.4 is 10.5 Å². The summed E-state index contributed by atoms with van der Waals surface area (Å²) in [6.07, 6.45) is 6.48. The van der Waals surface area contributed by atoms with E-state index in [0.29, 0.717) is 46.7 Å². The van der Waals surface area contributed by atoms with Gasteiger partial charge in [-0.3, -0.25) is 4.79 Å². The summed E-state index contributed by atoms with van der Waals surface area (Å²) < 4.78 is 23.2. The third-order valence-corrected chi connectivity index (χ3v) is 7.94. The Morgan fingerprint density at radius 1 is 1.19 bits per heavy atom. The van der Waals surface area contributed by atoms with Gasteiger partial charge in [0.2, 0.25) is 0 Å². The average molecular weight is 568 g/mol. The zero-order valence-corrected chi connectivity index (χ0v) is 24.2. The molecular weight excluding hydrogens is 533 g/mol. The lowest BCUT2D eigenvalue weighted by molar-refractivity contribution is -0.127. The SMILES string of the molecule is CN(C)C(C)(C)C=C(C#N)C(=O)N1CCCC1Cn1cc(-c2ccc(Oc3ccccc3)cc2F)c2c(N)ncnc21. The topological polar surface area (TPSA) is 113 Å². The van der Waals surface area contributed by atoms with Crippen LogP contribution in [0.25, 0.3) is 22.2 Å². The number of rotatable bonds is 8. The minimum Gasteiger partial charge on any atom is -0.457 e. The van der Waals surface area contributed by atoms with Gasteiger partial charge in [-0.05, 0) is 71.1 Å². The molecule has 1 fully saturated rings. The van der Waals surface area contributed by atoms with Crippen molar-refractivity contribution < 1.29 is 13.9 Å². The van der Waals surface area contributed by atoms with Crippen LogP contribution in [0.2, 0.25) is 0 Å². The molecule has 1 unspecified atom stereocenters. The van der Waals surface area contributed by atoms with Gasteiger partial charge in [-0.15, -0.1) is 0 Å². The molecule has 0 aliphatic carbocycles. The molecule has 0 bridgehead atoms. The molecule has 3 heterocycles. The zero-order valence-electron chi connectivity index (χ0n) is 24.2. The number of hydrogen-bond donors (Lipinski definition) is 1. The number of likely N-dealkylation sites (tertiary alicyclic amines) is 1. The standard InChI is InChI=1S/C32H34FN7O2/c1-32(2,38(3)4)16-21(17-34)31(41)40-14-8-9-22(40)18-39-19-26(28-29(35)36-20-37-30(28)39)25-13-12-24(15-27(25)33)42-23-10-6-5-7-11-23/h5-7,10-13,15-16,19-20,22H,8-9,14,18H2,1-4H3,(H2,35,36,37). The number of nitrogens with zero attached hydrogens (tertiary/aromatic N) is 6. The first kappa shape index (κ1) is 28.8. The van der Waals surface area contributed by atoms with E-state index in [0.717, 1.165) is 12.8 Å². The van der Waals surface area contributed by atoms with E-state index in [1.54, 1.807) is 35.2 Å². The molecule has 0 spiro atoms. The fourth-order valence-electron chi connectivity index (χ4n) is 5.19. The smallest absolute Gasteiger partial charge is 0.264 e. The number of benzene rings is 2. The summed E-state index contributed by atoms with van der Waals surface area (Å²) in [6, 6.07) is 15.8. The molecular formula is C32H34FN7O2. The van der Waals surface area contributed by atoms with Crippen molar-refractivity contribution in [2.24, 2.45) is 0 Å². The Morgan fingerprint density at radius 3 is 2.64 bits per heavy atom. The maximum Gasteiger partial charge on any atom is 0.264 e. The molecule has 42 heavy (non-hydrogen) atoms. The lowest BCUT2D eigenvalue weighted by atomic mass is 9.99. The fraction of sp³-hybridized carbons (Fsp3) is 0.312. The Balaban J connectivity index is 1.46. The van der Waals surface area contributed by atoms with Crippen molar-refractivity contribution in [3.63, 3.8) is 0 Å². The lowest BCUT2D eigenvalue weighted by Gasteiger charge is -2.30. The van der Waals surface area contributed by atoms with Gasteiger partial charge in [0.15, 0.2) is 0 Å². The van der Waals surface area contributed by atoms with Crippen molar-refractivity contribution in [1.82, 2.24) is 24.3 Å². The first-order valence-electron chi connectivity index (χ1n) is 13.8. The molecule has 216 valence electrons. The highest BCUT2D eigenvalue weighted by molar-refractivity contribution is 6.01. The van der Waals surface area contributed by atoms with Gasteiger partial charge in [0.05, 0.1) is 11.4 Å². The Kier molecular flexibility index (Phi) is 7.96. The minimum atomic E-state index is -0.476. The van der Waals surface area contributed by atoms with Crippen LogP contribution in [0.15, 0.2) is 72.7 Å². The molecule has 0 saturated carbocycles. The number of aromatic nitrogens is 3. The van der Waals surface area contributed by atoms with Crippen molar-refractivity contribution in [2.75, 3.05) is 26.4 Å². The van der Waals surface area contributed by atoms with Crippen molar-refractivity contribution in [1.29, 1.82) is 5.26 Å². The van der Waals surface area contributed by atoms with Crippen LogP contribution in [0.4, 0.5) is 10.2 Å². The summed E-state index contributed by atoms with van der Waals surface area (Å²) in [5.74, 6) is 0.442. The Labute approximate surface area is 244 Å². The number of carbonyl (C=O) groups is 1. The molecule has 10 heteroatoms. The van der Waals surface area contributed by atoms with E-state index in [4.69, 9.17) is 10.5 Å². The quantitative estimate of drug-likeness (QED) is 0.224. The maximum absolute atomic E-state index is 15.5. The minimum absolute atomic E-state index is 0.116. The van der Waals surface area contributed by atoms with Gasteiger partial charge < -0.3 is 24.8 Å². The molecule has 1 amide bonds. The second-order valence-corrected chi connectivity index (χ2v) is 11.2. The first-order chi connectivity index (χ1) is 20.1. The number of ether oxygens (including phenoxy) is 1. The number of nitrogens with two attached hydrogens (primary N) is 1. The second kappa shape index (κ2) is 11.6.